The molecule has 0 spiro atoms. The normalized spacial score (nSPS) is 13.9. The molecule has 3 N–H and O–H groups in total. The Balaban J connectivity index is 2.30. The zero-order valence-corrected chi connectivity index (χ0v) is 11.0. The minimum atomic E-state index is -1.21. The van der Waals surface area contributed by atoms with Crippen molar-refractivity contribution in [1.82, 2.24) is 9.78 Å². The summed E-state index contributed by atoms with van der Waals surface area (Å²) in [7, 11) is 0. The van der Waals surface area contributed by atoms with Crippen molar-refractivity contribution in [3.63, 3.8) is 0 Å². The number of benzene rings is 1. The van der Waals surface area contributed by atoms with E-state index in [9.17, 15) is 20.3 Å². The largest absolute Gasteiger partial charge is 0.396 e. The standard InChI is InChI=1S/C13H15N3O5/c17-6-5-12(18)13(19)9-7-14-15(8-9)10-3-1-2-4-11(10)16(20)21/h1-4,7-8,12-13,17-19H,5-6H2. The Morgan fingerprint density at radius 2 is 2.05 bits per heavy atom. The minimum absolute atomic E-state index is 0.0256. The van der Waals surface area contributed by atoms with E-state index >= 15 is 0 Å². The molecule has 0 aliphatic heterocycles. The first-order valence-corrected chi connectivity index (χ1v) is 6.30. The van der Waals surface area contributed by atoms with Crippen molar-refractivity contribution in [3.8, 4) is 5.69 Å². The molecule has 1 aromatic carbocycles. The molecule has 0 bridgehead atoms. The summed E-state index contributed by atoms with van der Waals surface area (Å²) >= 11 is 0. The van der Waals surface area contributed by atoms with Gasteiger partial charge in [-0.15, -0.1) is 0 Å². The molecule has 21 heavy (non-hydrogen) atoms. The molecule has 1 aromatic heterocycles. The van der Waals surface area contributed by atoms with Crippen molar-refractivity contribution in [2.75, 3.05) is 6.61 Å². The van der Waals surface area contributed by atoms with Crippen molar-refractivity contribution in [2.24, 2.45) is 0 Å². The average molecular weight is 293 g/mol. The second-order valence-electron chi connectivity index (χ2n) is 4.49. The summed E-state index contributed by atoms with van der Waals surface area (Å²) in [5.74, 6) is 0. The van der Waals surface area contributed by atoms with Crippen LogP contribution in [0.2, 0.25) is 0 Å². The molecule has 0 saturated carbocycles. The van der Waals surface area contributed by atoms with Gasteiger partial charge in [-0.25, -0.2) is 4.68 Å². The van der Waals surface area contributed by atoms with Crippen molar-refractivity contribution < 1.29 is 20.2 Å². The van der Waals surface area contributed by atoms with E-state index in [2.05, 4.69) is 5.10 Å². The summed E-state index contributed by atoms with van der Waals surface area (Å²) in [6.45, 7) is -0.253. The molecule has 8 nitrogen and oxygen atoms in total. The predicted molar refractivity (Wildman–Crippen MR) is 72.9 cm³/mol. The summed E-state index contributed by atoms with van der Waals surface area (Å²) < 4.78 is 1.27. The number of nitro groups is 1. The molecule has 2 unspecified atom stereocenters. The van der Waals surface area contributed by atoms with Crippen LogP contribution in [-0.4, -0.2) is 42.7 Å². The number of nitrogens with zero attached hydrogens (tertiary/aromatic N) is 3. The highest BCUT2D eigenvalue weighted by molar-refractivity contribution is 5.51. The molecule has 2 atom stereocenters. The van der Waals surface area contributed by atoms with E-state index in [4.69, 9.17) is 5.11 Å². The Morgan fingerprint density at radius 1 is 1.33 bits per heavy atom. The van der Waals surface area contributed by atoms with Gasteiger partial charge in [-0.2, -0.15) is 5.10 Å². The van der Waals surface area contributed by atoms with Crippen molar-refractivity contribution in [2.45, 2.75) is 18.6 Å². The van der Waals surface area contributed by atoms with E-state index < -0.39 is 17.1 Å². The van der Waals surface area contributed by atoms with Gasteiger partial charge in [0, 0.05) is 24.4 Å². The Morgan fingerprint density at radius 3 is 2.71 bits per heavy atom. The quantitative estimate of drug-likeness (QED) is 0.528. The Kier molecular flexibility index (Phi) is 4.63. The zero-order chi connectivity index (χ0) is 15.4. The number of aromatic nitrogens is 2. The van der Waals surface area contributed by atoms with E-state index in [1.807, 2.05) is 0 Å². The molecule has 2 aromatic rings. The van der Waals surface area contributed by atoms with Gasteiger partial charge in [0.2, 0.25) is 0 Å². The van der Waals surface area contributed by atoms with E-state index in [0.29, 0.717) is 5.56 Å². The van der Waals surface area contributed by atoms with Crippen LogP contribution in [0, 0.1) is 10.1 Å². The third-order valence-corrected chi connectivity index (χ3v) is 3.06. The fourth-order valence-electron chi connectivity index (χ4n) is 1.95. The lowest BCUT2D eigenvalue weighted by Crippen LogP contribution is -2.19. The summed E-state index contributed by atoms with van der Waals surface area (Å²) in [5, 5.41) is 43.2. The molecule has 0 amide bonds. The monoisotopic (exact) mass is 293 g/mol. The highest BCUT2D eigenvalue weighted by Gasteiger charge is 2.21. The van der Waals surface area contributed by atoms with Crippen molar-refractivity contribution >= 4 is 5.69 Å². The van der Waals surface area contributed by atoms with Gasteiger partial charge in [0.05, 0.1) is 17.2 Å². The lowest BCUT2D eigenvalue weighted by atomic mass is 10.1. The Labute approximate surface area is 120 Å². The van der Waals surface area contributed by atoms with Gasteiger partial charge in [0.1, 0.15) is 11.8 Å². The third kappa shape index (κ3) is 3.24. The molecule has 0 aliphatic carbocycles. The van der Waals surface area contributed by atoms with Crippen molar-refractivity contribution in [1.29, 1.82) is 0 Å². The maximum Gasteiger partial charge on any atom is 0.294 e. The maximum atomic E-state index is 11.0. The van der Waals surface area contributed by atoms with Gasteiger partial charge < -0.3 is 15.3 Å². The lowest BCUT2D eigenvalue weighted by molar-refractivity contribution is -0.384. The number of aliphatic hydroxyl groups excluding tert-OH is 3. The van der Waals surface area contributed by atoms with Gasteiger partial charge in [-0.3, -0.25) is 10.1 Å². The molecule has 0 aliphatic rings. The highest BCUT2D eigenvalue weighted by atomic mass is 16.6. The number of aliphatic hydroxyl groups is 3. The first-order chi connectivity index (χ1) is 10.0. The van der Waals surface area contributed by atoms with Crippen LogP contribution in [0.15, 0.2) is 36.7 Å². The summed E-state index contributed by atoms with van der Waals surface area (Å²) in [4.78, 5) is 10.5. The molecule has 0 fully saturated rings. The third-order valence-electron chi connectivity index (χ3n) is 3.06. The van der Waals surface area contributed by atoms with Crippen LogP contribution in [0.3, 0.4) is 0 Å². The average Bonchev–Trinajstić information content (AvgIpc) is 2.96. The summed E-state index contributed by atoms with van der Waals surface area (Å²) in [6, 6.07) is 6.08. The second-order valence-corrected chi connectivity index (χ2v) is 4.49. The Hall–Kier alpha value is -2.29. The molecule has 8 heteroatoms. The number of para-hydroxylation sites is 2. The predicted octanol–water partition coefficient (Wildman–Crippen LogP) is 0.557. The van der Waals surface area contributed by atoms with E-state index in [0.717, 1.165) is 0 Å². The van der Waals surface area contributed by atoms with Gasteiger partial charge >= 0.3 is 0 Å². The van der Waals surface area contributed by atoms with Gasteiger partial charge in [-0.05, 0) is 12.5 Å². The minimum Gasteiger partial charge on any atom is -0.396 e. The zero-order valence-electron chi connectivity index (χ0n) is 11.0. The fourth-order valence-corrected chi connectivity index (χ4v) is 1.95. The first-order valence-electron chi connectivity index (χ1n) is 6.30. The Bertz CT molecular complexity index is 628. The van der Waals surface area contributed by atoms with Crippen LogP contribution in [0.25, 0.3) is 5.69 Å². The maximum absolute atomic E-state index is 11.0. The van der Waals surface area contributed by atoms with Crippen molar-refractivity contribution in [3.05, 3.63) is 52.3 Å². The van der Waals surface area contributed by atoms with E-state index in [1.54, 1.807) is 12.1 Å². The van der Waals surface area contributed by atoms with E-state index in [1.165, 1.54) is 29.2 Å². The van der Waals surface area contributed by atoms with Gasteiger partial charge in [0.25, 0.3) is 5.69 Å². The molecule has 0 radical (unpaired) electrons. The van der Waals surface area contributed by atoms with Crippen LogP contribution in [0.1, 0.15) is 18.1 Å². The van der Waals surface area contributed by atoms with Crippen LogP contribution >= 0.6 is 0 Å². The molecule has 0 saturated heterocycles. The van der Waals surface area contributed by atoms with Crippen LogP contribution in [-0.2, 0) is 0 Å². The van der Waals surface area contributed by atoms with Gasteiger partial charge in [-0.1, -0.05) is 12.1 Å². The molecule has 1 heterocycles. The smallest absolute Gasteiger partial charge is 0.294 e. The summed E-state index contributed by atoms with van der Waals surface area (Å²) in [5.41, 5.74) is 0.462. The molecule has 2 rings (SSSR count). The fraction of sp³-hybridized carbons (Fsp3) is 0.308. The van der Waals surface area contributed by atoms with Crippen LogP contribution < -0.4 is 0 Å². The molecular formula is C13H15N3O5. The van der Waals surface area contributed by atoms with E-state index in [-0.39, 0.29) is 24.4 Å². The summed E-state index contributed by atoms with van der Waals surface area (Å²) in [6.07, 6.45) is 0.417. The first kappa shape index (κ1) is 15.1. The van der Waals surface area contributed by atoms with Crippen LogP contribution in [0.5, 0.6) is 0 Å². The second kappa shape index (κ2) is 6.44. The molecule has 112 valence electrons. The topological polar surface area (TPSA) is 122 Å². The lowest BCUT2D eigenvalue weighted by Gasteiger charge is -2.14. The number of nitro benzene ring substituents is 1. The van der Waals surface area contributed by atoms with Crippen LogP contribution in [0.4, 0.5) is 5.69 Å². The highest BCUT2D eigenvalue weighted by Crippen LogP contribution is 2.24. The number of hydrogen-bond acceptors (Lipinski definition) is 6. The van der Waals surface area contributed by atoms with Gasteiger partial charge in [0.15, 0.2) is 0 Å². The number of rotatable bonds is 6. The molecular weight excluding hydrogens is 278 g/mol. The number of hydrogen-bond donors (Lipinski definition) is 3. The SMILES string of the molecule is O=[N+]([O-])c1ccccc1-n1cc(C(O)C(O)CCO)cn1.